The van der Waals surface area contributed by atoms with Gasteiger partial charge in [0, 0.05) is 24.7 Å². The number of carbonyl (C=O) groups is 1. The molecule has 0 N–H and O–H groups in total. The van der Waals surface area contributed by atoms with Crippen molar-refractivity contribution < 1.29 is 19.2 Å². The van der Waals surface area contributed by atoms with Gasteiger partial charge in [0.25, 0.3) is 5.69 Å². The normalized spacial score (nSPS) is 10.9. The van der Waals surface area contributed by atoms with Gasteiger partial charge in [0.2, 0.25) is 5.78 Å². The van der Waals surface area contributed by atoms with Crippen LogP contribution in [0.2, 0.25) is 0 Å². The molecular formula is C22H21N3O5. The third-order valence-electron chi connectivity index (χ3n) is 4.43. The first-order valence-electron chi connectivity index (χ1n) is 9.14. The highest BCUT2D eigenvalue weighted by molar-refractivity contribution is 6.05. The van der Waals surface area contributed by atoms with Crippen LogP contribution in [-0.2, 0) is 13.7 Å². The maximum atomic E-state index is 12.4. The summed E-state index contributed by atoms with van der Waals surface area (Å²) in [5.41, 5.74) is 2.89. The number of nitro benzene ring substituents is 1. The maximum Gasteiger partial charge on any atom is 0.269 e. The number of nitrogens with zero attached hydrogens (tertiary/aromatic N) is 3. The van der Waals surface area contributed by atoms with E-state index in [0.717, 1.165) is 16.8 Å². The van der Waals surface area contributed by atoms with Crippen LogP contribution < -0.4 is 9.47 Å². The van der Waals surface area contributed by atoms with Crippen molar-refractivity contribution in [1.82, 2.24) is 9.78 Å². The molecule has 0 amide bonds. The van der Waals surface area contributed by atoms with Crippen LogP contribution in [0.5, 0.6) is 11.5 Å². The van der Waals surface area contributed by atoms with Gasteiger partial charge in [-0.3, -0.25) is 19.6 Å². The van der Waals surface area contributed by atoms with Gasteiger partial charge < -0.3 is 9.47 Å². The van der Waals surface area contributed by atoms with Gasteiger partial charge in [-0.05, 0) is 48.9 Å². The number of non-ortho nitro benzene ring substituents is 1. The second-order valence-corrected chi connectivity index (χ2v) is 6.60. The average Bonchev–Trinajstić information content (AvgIpc) is 3.08. The van der Waals surface area contributed by atoms with E-state index in [1.807, 2.05) is 19.1 Å². The van der Waals surface area contributed by atoms with E-state index in [-0.39, 0.29) is 18.1 Å². The molecular weight excluding hydrogens is 386 g/mol. The molecule has 1 aromatic heterocycles. The highest BCUT2D eigenvalue weighted by atomic mass is 16.6. The van der Waals surface area contributed by atoms with Gasteiger partial charge in [-0.2, -0.15) is 5.10 Å². The highest BCUT2D eigenvalue weighted by Gasteiger charge is 2.10. The van der Waals surface area contributed by atoms with E-state index >= 15 is 0 Å². The van der Waals surface area contributed by atoms with E-state index in [1.54, 1.807) is 49.2 Å². The lowest BCUT2D eigenvalue weighted by Gasteiger charge is -2.11. The quantitative estimate of drug-likeness (QED) is 0.241. The zero-order chi connectivity index (χ0) is 21.7. The number of allylic oxidation sites excluding steroid dienone is 1. The Hall–Kier alpha value is -3.94. The van der Waals surface area contributed by atoms with Gasteiger partial charge >= 0.3 is 0 Å². The standard InChI is InChI=1S/C22H21N3O5/c1-15-12-20(24(2)23-15)21(26)10-4-16-5-11-22(29-3)17(13-16)14-30-19-8-6-18(7-9-19)25(27)28/h4-13H,14H2,1-3H3/b10-4+. The minimum absolute atomic E-state index is 0.000323. The van der Waals surface area contributed by atoms with Crippen LogP contribution in [-0.4, -0.2) is 27.6 Å². The molecule has 0 saturated carbocycles. The first-order valence-corrected chi connectivity index (χ1v) is 9.14. The maximum absolute atomic E-state index is 12.4. The molecule has 0 fully saturated rings. The Morgan fingerprint density at radius 3 is 2.53 bits per heavy atom. The van der Waals surface area contributed by atoms with Crippen LogP contribution in [0.25, 0.3) is 6.08 Å². The lowest BCUT2D eigenvalue weighted by Crippen LogP contribution is -2.04. The largest absolute Gasteiger partial charge is 0.496 e. The number of ketones is 1. The van der Waals surface area contributed by atoms with Gasteiger partial charge in [0.05, 0.1) is 17.7 Å². The van der Waals surface area contributed by atoms with E-state index in [2.05, 4.69) is 5.10 Å². The molecule has 0 bridgehead atoms. The van der Waals surface area contributed by atoms with E-state index < -0.39 is 4.92 Å². The molecule has 0 aliphatic rings. The number of methoxy groups -OCH3 is 1. The molecule has 2 aromatic carbocycles. The number of nitro groups is 1. The van der Waals surface area contributed by atoms with Crippen molar-refractivity contribution in [2.24, 2.45) is 7.05 Å². The van der Waals surface area contributed by atoms with Gasteiger partial charge in [0.15, 0.2) is 0 Å². The molecule has 3 aromatic rings. The Labute approximate surface area is 173 Å². The molecule has 0 atom stereocenters. The van der Waals surface area contributed by atoms with Crippen molar-refractivity contribution in [3.8, 4) is 11.5 Å². The number of hydrogen-bond acceptors (Lipinski definition) is 6. The smallest absolute Gasteiger partial charge is 0.269 e. The molecule has 8 heteroatoms. The van der Waals surface area contributed by atoms with Crippen LogP contribution in [0.3, 0.4) is 0 Å². The number of aromatic nitrogens is 2. The van der Waals surface area contributed by atoms with Crippen molar-refractivity contribution >= 4 is 17.5 Å². The molecule has 0 unspecified atom stereocenters. The van der Waals surface area contributed by atoms with Crippen LogP contribution in [0.15, 0.2) is 54.6 Å². The summed E-state index contributed by atoms with van der Waals surface area (Å²) in [4.78, 5) is 22.7. The Morgan fingerprint density at radius 2 is 1.93 bits per heavy atom. The molecule has 3 rings (SSSR count). The fourth-order valence-electron chi connectivity index (χ4n) is 2.94. The van der Waals surface area contributed by atoms with Gasteiger partial charge in [-0.25, -0.2) is 0 Å². The lowest BCUT2D eigenvalue weighted by atomic mass is 10.1. The fraction of sp³-hybridized carbons (Fsp3) is 0.182. The van der Waals surface area contributed by atoms with Crippen molar-refractivity contribution in [2.45, 2.75) is 13.5 Å². The Balaban J connectivity index is 1.73. The first-order chi connectivity index (χ1) is 14.4. The predicted octanol–water partition coefficient (Wildman–Crippen LogP) is 4.12. The van der Waals surface area contributed by atoms with E-state index in [0.29, 0.717) is 17.2 Å². The number of ether oxygens (including phenoxy) is 2. The van der Waals surface area contributed by atoms with Crippen LogP contribution in [0, 0.1) is 17.0 Å². The molecule has 0 radical (unpaired) electrons. The second-order valence-electron chi connectivity index (χ2n) is 6.60. The number of rotatable bonds is 8. The minimum Gasteiger partial charge on any atom is -0.496 e. The molecule has 8 nitrogen and oxygen atoms in total. The molecule has 154 valence electrons. The predicted molar refractivity (Wildman–Crippen MR) is 112 cm³/mol. The average molecular weight is 407 g/mol. The summed E-state index contributed by atoms with van der Waals surface area (Å²) in [7, 11) is 3.30. The summed E-state index contributed by atoms with van der Waals surface area (Å²) < 4.78 is 12.7. The number of benzene rings is 2. The third kappa shape index (κ3) is 4.91. The fourth-order valence-corrected chi connectivity index (χ4v) is 2.94. The molecule has 1 heterocycles. The van der Waals surface area contributed by atoms with E-state index in [1.165, 1.54) is 18.2 Å². The topological polar surface area (TPSA) is 96.5 Å². The van der Waals surface area contributed by atoms with E-state index in [4.69, 9.17) is 9.47 Å². The van der Waals surface area contributed by atoms with Crippen molar-refractivity contribution in [3.63, 3.8) is 0 Å². The molecule has 0 aliphatic carbocycles. The first kappa shape index (κ1) is 20.8. The molecule has 0 saturated heterocycles. The molecule has 30 heavy (non-hydrogen) atoms. The van der Waals surface area contributed by atoms with Crippen LogP contribution in [0.4, 0.5) is 5.69 Å². The Kier molecular flexibility index (Phi) is 6.26. The zero-order valence-corrected chi connectivity index (χ0v) is 16.9. The number of carbonyl (C=O) groups excluding carboxylic acids is 1. The van der Waals surface area contributed by atoms with Crippen molar-refractivity contribution in [2.75, 3.05) is 7.11 Å². The zero-order valence-electron chi connectivity index (χ0n) is 16.9. The molecule has 0 aliphatic heterocycles. The van der Waals surface area contributed by atoms with Gasteiger partial charge in [-0.15, -0.1) is 0 Å². The minimum atomic E-state index is -0.462. The SMILES string of the molecule is COc1ccc(/C=C/C(=O)c2cc(C)nn2C)cc1COc1ccc([N+](=O)[O-])cc1. The summed E-state index contributed by atoms with van der Waals surface area (Å²) in [6, 6.07) is 13.1. The second kappa shape index (κ2) is 9.04. The third-order valence-corrected chi connectivity index (χ3v) is 4.43. The summed E-state index contributed by atoms with van der Waals surface area (Å²) in [6.07, 6.45) is 3.22. The summed E-state index contributed by atoms with van der Waals surface area (Å²) >= 11 is 0. The summed E-state index contributed by atoms with van der Waals surface area (Å²) in [6.45, 7) is 2.04. The van der Waals surface area contributed by atoms with Crippen LogP contribution in [0.1, 0.15) is 27.3 Å². The molecule has 0 spiro atoms. The monoisotopic (exact) mass is 407 g/mol. The summed E-state index contributed by atoms with van der Waals surface area (Å²) in [5, 5.41) is 14.9. The van der Waals surface area contributed by atoms with E-state index in [9.17, 15) is 14.9 Å². The number of aryl methyl sites for hydroxylation is 2. The Bertz CT molecular complexity index is 1100. The lowest BCUT2D eigenvalue weighted by molar-refractivity contribution is -0.384. The van der Waals surface area contributed by atoms with Gasteiger partial charge in [0.1, 0.15) is 23.8 Å². The van der Waals surface area contributed by atoms with Crippen LogP contribution >= 0.6 is 0 Å². The highest BCUT2D eigenvalue weighted by Crippen LogP contribution is 2.24. The van der Waals surface area contributed by atoms with Crippen molar-refractivity contribution in [1.29, 1.82) is 0 Å². The Morgan fingerprint density at radius 1 is 1.20 bits per heavy atom. The van der Waals surface area contributed by atoms with Gasteiger partial charge in [-0.1, -0.05) is 12.1 Å². The number of hydrogen-bond donors (Lipinski definition) is 0. The summed E-state index contributed by atoms with van der Waals surface area (Å²) in [5.74, 6) is 1.01. The van der Waals surface area contributed by atoms with Crippen molar-refractivity contribution in [3.05, 3.63) is 87.2 Å².